The first-order valence-electron chi connectivity index (χ1n) is 13.5. The first kappa shape index (κ1) is 42.4. The molecule has 0 aromatic carbocycles. The van der Waals surface area contributed by atoms with E-state index in [4.69, 9.17) is 9.84 Å². The molecule has 0 spiro atoms. The predicted molar refractivity (Wildman–Crippen MR) is 159 cm³/mol. The lowest BCUT2D eigenvalue weighted by atomic mass is 9.75. The van der Waals surface area contributed by atoms with Crippen molar-refractivity contribution in [3.8, 4) is 0 Å². The molecular weight excluding hydrogens is 464 g/mol. The van der Waals surface area contributed by atoms with E-state index in [9.17, 15) is 14.4 Å². The van der Waals surface area contributed by atoms with Crippen molar-refractivity contribution in [1.82, 2.24) is 0 Å². The van der Waals surface area contributed by atoms with Gasteiger partial charge in [-0.15, -0.1) is 0 Å². The topological polar surface area (TPSA) is 80.7 Å². The molecule has 1 rings (SSSR count). The van der Waals surface area contributed by atoms with E-state index < -0.39 is 11.9 Å². The smallest absolute Gasteiger partial charge is 0.315 e. The van der Waals surface area contributed by atoms with Gasteiger partial charge in [0, 0.05) is 11.8 Å². The number of carbonyl (C=O) groups is 3. The Morgan fingerprint density at radius 1 is 0.757 bits per heavy atom. The van der Waals surface area contributed by atoms with Crippen molar-refractivity contribution in [3.63, 3.8) is 0 Å². The second-order valence-corrected chi connectivity index (χ2v) is 12.3. The zero-order valence-electron chi connectivity index (χ0n) is 25.0. The van der Waals surface area contributed by atoms with Gasteiger partial charge < -0.3 is 9.84 Å². The highest BCUT2D eigenvalue weighted by atomic mass is 16.5. The molecule has 0 saturated carbocycles. The number of hydrogen-bond acceptors (Lipinski definition) is 4. The number of esters is 1. The van der Waals surface area contributed by atoms with Gasteiger partial charge in [-0.05, 0) is 42.4 Å². The van der Waals surface area contributed by atoms with Crippen LogP contribution in [0.1, 0.15) is 118 Å². The van der Waals surface area contributed by atoms with Gasteiger partial charge in [-0.1, -0.05) is 117 Å². The van der Waals surface area contributed by atoms with Crippen LogP contribution < -0.4 is 0 Å². The number of Topliss-reactive ketones (excluding diaryl/α,β-unsaturated/α-hetero) is 1. The van der Waals surface area contributed by atoms with Crippen LogP contribution in [-0.2, 0) is 19.1 Å². The Morgan fingerprint density at radius 2 is 1.11 bits per heavy atom. The van der Waals surface area contributed by atoms with Crippen LogP contribution in [0.15, 0.2) is 12.3 Å². The summed E-state index contributed by atoms with van der Waals surface area (Å²) < 4.78 is 5.08. The molecule has 37 heavy (non-hydrogen) atoms. The van der Waals surface area contributed by atoms with E-state index >= 15 is 0 Å². The summed E-state index contributed by atoms with van der Waals surface area (Å²) in [5.74, 6) is 1.53. The van der Waals surface area contributed by atoms with Gasteiger partial charge in [-0.25, -0.2) is 0 Å². The van der Waals surface area contributed by atoms with Gasteiger partial charge in [-0.2, -0.15) is 0 Å². The highest BCUT2D eigenvalue weighted by Gasteiger charge is 2.43. The summed E-state index contributed by atoms with van der Waals surface area (Å²) in [6.45, 7) is 30.2. The molecule has 0 aromatic rings. The lowest BCUT2D eigenvalue weighted by Gasteiger charge is -2.27. The van der Waals surface area contributed by atoms with Crippen LogP contribution in [-0.4, -0.2) is 22.8 Å². The molecule has 0 radical (unpaired) electrons. The van der Waals surface area contributed by atoms with Crippen LogP contribution in [0.5, 0.6) is 0 Å². The highest BCUT2D eigenvalue weighted by molar-refractivity contribution is 5.84. The Kier molecular flexibility index (Phi) is 23.3. The first-order chi connectivity index (χ1) is 15.9. The molecule has 4 atom stereocenters. The maximum atomic E-state index is 11.5. The fourth-order valence-electron chi connectivity index (χ4n) is 4.74. The highest BCUT2D eigenvalue weighted by Crippen LogP contribution is 2.39. The van der Waals surface area contributed by atoms with Crippen molar-refractivity contribution < 1.29 is 24.2 Å². The number of cyclic esters (lactones) is 1. The minimum Gasteiger partial charge on any atom is -0.481 e. The van der Waals surface area contributed by atoms with Crippen molar-refractivity contribution in [1.29, 1.82) is 0 Å². The van der Waals surface area contributed by atoms with E-state index in [1.54, 1.807) is 0 Å². The van der Waals surface area contributed by atoms with Crippen LogP contribution >= 0.6 is 0 Å². The molecular formula is C32H64O5. The zero-order chi connectivity index (χ0) is 28.2. The van der Waals surface area contributed by atoms with Crippen LogP contribution in [0.3, 0.4) is 0 Å². The quantitative estimate of drug-likeness (QED) is 0.286. The van der Waals surface area contributed by atoms with Gasteiger partial charge >= 0.3 is 11.9 Å². The maximum Gasteiger partial charge on any atom is 0.315 e. The third kappa shape index (κ3) is 16.0. The van der Waals surface area contributed by atoms with Crippen LogP contribution in [0.4, 0.5) is 0 Å². The second kappa shape index (κ2) is 20.3. The van der Waals surface area contributed by atoms with E-state index in [1.165, 1.54) is 19.8 Å². The van der Waals surface area contributed by atoms with E-state index in [0.29, 0.717) is 17.6 Å². The molecule has 0 aromatic heterocycles. The average molecular weight is 529 g/mol. The number of ether oxygens (including phenoxy) is 1. The molecule has 1 aliphatic rings. The predicted octanol–water partition coefficient (Wildman–Crippen LogP) is 9.16. The van der Waals surface area contributed by atoms with Crippen molar-refractivity contribution in [2.24, 2.45) is 59.2 Å². The molecule has 0 amide bonds. The Balaban J connectivity index is -0.000000222. The number of carboxylic acids is 1. The molecule has 1 aliphatic heterocycles. The standard InChI is InChI=1S/C11H20O3.C11H18O2.C8H18.2CH4/c1-6(2)9(8(5)12)10(7(3)4)11(13)14;1-6(2)9-8(5)13-11(12)10(9)7(3)4;1-7(2)5-6-8(3)4;;/h6-7,9-10H,1-5H3,(H,13,14);6-7,9-10H,5H2,1-4H3;7-8H,5-6H2,1-4H3;2*1H4. The summed E-state index contributed by atoms with van der Waals surface area (Å²) in [5.41, 5.74) is 0. The molecule has 5 heteroatoms. The molecule has 0 aliphatic carbocycles. The van der Waals surface area contributed by atoms with Gasteiger partial charge in [0.25, 0.3) is 0 Å². The summed E-state index contributed by atoms with van der Waals surface area (Å²) in [5, 5.41) is 9.06. The molecule has 5 nitrogen and oxygen atoms in total. The SMILES string of the molecule is C.C.C=C1OC(=O)C(C(C)C)C1C(C)C.CC(=O)C(C(C)C)C(C(=O)O)C(C)C.CC(C)CCC(C)C. The minimum atomic E-state index is -0.867. The van der Waals surface area contributed by atoms with E-state index in [-0.39, 0.29) is 56.2 Å². The fourth-order valence-corrected chi connectivity index (χ4v) is 4.74. The van der Waals surface area contributed by atoms with Gasteiger partial charge in [0.05, 0.1) is 11.8 Å². The average Bonchev–Trinajstić information content (AvgIpc) is 2.98. The summed E-state index contributed by atoms with van der Waals surface area (Å²) in [7, 11) is 0. The number of ketones is 1. The third-order valence-corrected chi connectivity index (χ3v) is 6.60. The molecule has 1 heterocycles. The second-order valence-electron chi connectivity index (χ2n) is 12.3. The summed E-state index contributed by atoms with van der Waals surface area (Å²) >= 11 is 0. The number of hydrogen-bond donors (Lipinski definition) is 1. The van der Waals surface area contributed by atoms with E-state index in [0.717, 1.165) is 11.8 Å². The normalized spacial score (nSPS) is 18.5. The number of rotatable bonds is 10. The van der Waals surface area contributed by atoms with Gasteiger partial charge in [0.15, 0.2) is 0 Å². The minimum absolute atomic E-state index is 0. The lowest BCUT2D eigenvalue weighted by molar-refractivity contribution is -0.149. The molecule has 4 unspecified atom stereocenters. The zero-order valence-corrected chi connectivity index (χ0v) is 25.0. The molecule has 1 fully saturated rings. The molecule has 222 valence electrons. The lowest BCUT2D eigenvalue weighted by Crippen LogP contribution is -2.35. The number of aliphatic carboxylic acids is 1. The number of carbonyl (C=O) groups excluding carboxylic acids is 2. The Morgan fingerprint density at radius 3 is 1.27 bits per heavy atom. The van der Waals surface area contributed by atoms with Crippen molar-refractivity contribution >= 4 is 17.7 Å². The first-order valence-corrected chi connectivity index (χ1v) is 13.5. The van der Waals surface area contributed by atoms with E-state index in [1.807, 2.05) is 27.7 Å². The fraction of sp³-hybridized carbons (Fsp3) is 0.844. The molecule has 1 N–H and O–H groups in total. The van der Waals surface area contributed by atoms with E-state index in [2.05, 4.69) is 62.0 Å². The monoisotopic (exact) mass is 528 g/mol. The number of carboxylic acid groups (broad SMARTS) is 1. The number of allylic oxidation sites excluding steroid dienone is 1. The molecule has 1 saturated heterocycles. The van der Waals surface area contributed by atoms with Crippen LogP contribution in [0.2, 0.25) is 0 Å². The van der Waals surface area contributed by atoms with Gasteiger partial charge in [0.2, 0.25) is 0 Å². The molecule has 0 bridgehead atoms. The van der Waals surface area contributed by atoms with Crippen LogP contribution in [0, 0.1) is 59.2 Å². The Hall–Kier alpha value is -1.65. The third-order valence-electron chi connectivity index (χ3n) is 6.60. The largest absolute Gasteiger partial charge is 0.481 e. The summed E-state index contributed by atoms with van der Waals surface area (Å²) in [6.07, 6.45) is 2.77. The van der Waals surface area contributed by atoms with Crippen molar-refractivity contribution in [3.05, 3.63) is 12.3 Å². The summed E-state index contributed by atoms with van der Waals surface area (Å²) in [4.78, 5) is 33.9. The van der Waals surface area contributed by atoms with Crippen molar-refractivity contribution in [2.75, 3.05) is 0 Å². The van der Waals surface area contributed by atoms with Crippen LogP contribution in [0.25, 0.3) is 0 Å². The van der Waals surface area contributed by atoms with Gasteiger partial charge in [0.1, 0.15) is 11.5 Å². The summed E-state index contributed by atoms with van der Waals surface area (Å²) in [6, 6.07) is 0. The maximum absolute atomic E-state index is 11.5. The van der Waals surface area contributed by atoms with Crippen molar-refractivity contribution in [2.45, 2.75) is 118 Å². The Bertz CT molecular complexity index is 602. The Labute approximate surface area is 231 Å². The van der Waals surface area contributed by atoms with Gasteiger partial charge in [-0.3, -0.25) is 14.4 Å².